The van der Waals surface area contributed by atoms with Gasteiger partial charge in [-0.2, -0.15) is 0 Å². The standard InChI is InChI=1S/C10H15NO2/c1-8-3-2-4-10(5-8)13-7-9(11)6-12/h2-5,9,12H,6-7,11H2,1H3. The Morgan fingerprint density at radius 1 is 1.54 bits per heavy atom. The van der Waals surface area contributed by atoms with Gasteiger partial charge < -0.3 is 15.6 Å². The zero-order chi connectivity index (χ0) is 9.68. The Balaban J connectivity index is 2.45. The molecule has 0 fully saturated rings. The largest absolute Gasteiger partial charge is 0.492 e. The second-order valence-electron chi connectivity index (χ2n) is 3.07. The number of aryl methyl sites for hydroxylation is 1. The second-order valence-corrected chi connectivity index (χ2v) is 3.07. The summed E-state index contributed by atoms with van der Waals surface area (Å²) >= 11 is 0. The van der Waals surface area contributed by atoms with Gasteiger partial charge >= 0.3 is 0 Å². The number of hydrogen-bond donors (Lipinski definition) is 2. The first-order valence-corrected chi connectivity index (χ1v) is 4.28. The van der Waals surface area contributed by atoms with E-state index in [1.165, 1.54) is 0 Å². The molecule has 1 aromatic carbocycles. The van der Waals surface area contributed by atoms with Crippen LogP contribution in [0.3, 0.4) is 0 Å². The molecule has 0 aliphatic heterocycles. The van der Waals surface area contributed by atoms with Crippen LogP contribution in [0.1, 0.15) is 5.56 Å². The first-order chi connectivity index (χ1) is 6.22. The average molecular weight is 181 g/mol. The SMILES string of the molecule is Cc1cccc(OCC(N)CO)c1. The summed E-state index contributed by atoms with van der Waals surface area (Å²) in [5.41, 5.74) is 6.63. The summed E-state index contributed by atoms with van der Waals surface area (Å²) < 4.78 is 5.35. The van der Waals surface area contributed by atoms with Gasteiger partial charge in [0.15, 0.2) is 0 Å². The van der Waals surface area contributed by atoms with Gasteiger partial charge in [-0.1, -0.05) is 12.1 Å². The zero-order valence-electron chi connectivity index (χ0n) is 7.73. The topological polar surface area (TPSA) is 55.5 Å². The molecule has 0 amide bonds. The molecule has 0 saturated carbocycles. The minimum absolute atomic E-state index is 0.0498. The Morgan fingerprint density at radius 3 is 2.92 bits per heavy atom. The molecule has 1 unspecified atom stereocenters. The van der Waals surface area contributed by atoms with Crippen molar-refractivity contribution in [3.05, 3.63) is 29.8 Å². The van der Waals surface area contributed by atoms with Crippen molar-refractivity contribution in [2.75, 3.05) is 13.2 Å². The molecule has 3 N–H and O–H groups in total. The summed E-state index contributed by atoms with van der Waals surface area (Å²) in [5, 5.41) is 8.66. The van der Waals surface area contributed by atoms with Gasteiger partial charge in [-0.3, -0.25) is 0 Å². The molecule has 3 nitrogen and oxygen atoms in total. The molecular formula is C10H15NO2. The van der Waals surface area contributed by atoms with Gasteiger partial charge in [-0.25, -0.2) is 0 Å². The van der Waals surface area contributed by atoms with E-state index in [4.69, 9.17) is 15.6 Å². The molecule has 0 aliphatic rings. The lowest BCUT2D eigenvalue weighted by atomic mass is 10.2. The van der Waals surface area contributed by atoms with Gasteiger partial charge in [0.1, 0.15) is 12.4 Å². The molecule has 0 saturated heterocycles. The fourth-order valence-electron chi connectivity index (χ4n) is 0.961. The van der Waals surface area contributed by atoms with Crippen LogP contribution in [-0.4, -0.2) is 24.4 Å². The second kappa shape index (κ2) is 4.84. The summed E-state index contributed by atoms with van der Waals surface area (Å²) in [6, 6.07) is 7.43. The van der Waals surface area contributed by atoms with E-state index in [2.05, 4.69) is 0 Å². The predicted octanol–water partition coefficient (Wildman–Crippen LogP) is 0.693. The van der Waals surface area contributed by atoms with Crippen LogP contribution < -0.4 is 10.5 Å². The molecule has 3 heteroatoms. The summed E-state index contributed by atoms with van der Waals surface area (Å²) in [6.45, 7) is 2.30. The normalized spacial score (nSPS) is 12.5. The number of aliphatic hydroxyl groups excluding tert-OH is 1. The fraction of sp³-hybridized carbons (Fsp3) is 0.400. The van der Waals surface area contributed by atoms with Gasteiger partial charge in [0.25, 0.3) is 0 Å². The van der Waals surface area contributed by atoms with E-state index < -0.39 is 0 Å². The number of nitrogens with two attached hydrogens (primary N) is 1. The van der Waals surface area contributed by atoms with E-state index in [1.54, 1.807) is 0 Å². The van der Waals surface area contributed by atoms with Gasteiger partial charge in [0, 0.05) is 0 Å². The van der Waals surface area contributed by atoms with Gasteiger partial charge in [0.2, 0.25) is 0 Å². The first kappa shape index (κ1) is 10.0. The van der Waals surface area contributed by atoms with E-state index in [0.717, 1.165) is 11.3 Å². The number of hydrogen-bond acceptors (Lipinski definition) is 3. The van der Waals surface area contributed by atoms with Crippen LogP contribution in [0.15, 0.2) is 24.3 Å². The summed E-state index contributed by atoms with van der Waals surface area (Å²) in [7, 11) is 0. The summed E-state index contributed by atoms with van der Waals surface area (Å²) in [5.74, 6) is 0.795. The van der Waals surface area contributed by atoms with Crippen LogP contribution in [0.5, 0.6) is 5.75 Å². The smallest absolute Gasteiger partial charge is 0.119 e. The van der Waals surface area contributed by atoms with Crippen LogP contribution >= 0.6 is 0 Å². The third-order valence-electron chi connectivity index (χ3n) is 1.69. The molecular weight excluding hydrogens is 166 g/mol. The molecule has 72 valence electrons. The molecule has 13 heavy (non-hydrogen) atoms. The van der Waals surface area contributed by atoms with Crippen molar-refractivity contribution < 1.29 is 9.84 Å². The van der Waals surface area contributed by atoms with Crippen LogP contribution in [0.4, 0.5) is 0 Å². The van der Waals surface area contributed by atoms with Crippen LogP contribution in [0.25, 0.3) is 0 Å². The lowest BCUT2D eigenvalue weighted by molar-refractivity contribution is 0.206. The van der Waals surface area contributed by atoms with E-state index in [-0.39, 0.29) is 12.6 Å². The Hall–Kier alpha value is -1.06. The zero-order valence-corrected chi connectivity index (χ0v) is 7.73. The summed E-state index contributed by atoms with van der Waals surface area (Å²) in [4.78, 5) is 0. The maximum Gasteiger partial charge on any atom is 0.119 e. The number of ether oxygens (including phenoxy) is 1. The number of aliphatic hydroxyl groups is 1. The van der Waals surface area contributed by atoms with Crippen molar-refractivity contribution in [2.45, 2.75) is 13.0 Å². The lowest BCUT2D eigenvalue weighted by Gasteiger charge is -2.10. The van der Waals surface area contributed by atoms with Crippen molar-refractivity contribution in [3.63, 3.8) is 0 Å². The van der Waals surface area contributed by atoms with Crippen molar-refractivity contribution >= 4 is 0 Å². The van der Waals surface area contributed by atoms with Crippen molar-refractivity contribution in [3.8, 4) is 5.75 Å². The Bertz CT molecular complexity index is 263. The highest BCUT2D eigenvalue weighted by molar-refractivity contribution is 5.27. The highest BCUT2D eigenvalue weighted by Crippen LogP contribution is 2.12. The van der Waals surface area contributed by atoms with Gasteiger partial charge in [-0.05, 0) is 24.6 Å². The maximum absolute atomic E-state index is 8.66. The molecule has 0 radical (unpaired) electrons. The van der Waals surface area contributed by atoms with Crippen LogP contribution in [-0.2, 0) is 0 Å². The molecule has 0 aromatic heterocycles. The fourth-order valence-corrected chi connectivity index (χ4v) is 0.961. The number of rotatable bonds is 4. The maximum atomic E-state index is 8.66. The van der Waals surface area contributed by atoms with E-state index in [1.807, 2.05) is 31.2 Å². The summed E-state index contributed by atoms with van der Waals surface area (Å²) in [6.07, 6.45) is 0. The van der Waals surface area contributed by atoms with Crippen LogP contribution in [0.2, 0.25) is 0 Å². The highest BCUT2D eigenvalue weighted by atomic mass is 16.5. The Kier molecular flexibility index (Phi) is 3.73. The van der Waals surface area contributed by atoms with Crippen molar-refractivity contribution in [1.82, 2.24) is 0 Å². The van der Waals surface area contributed by atoms with E-state index >= 15 is 0 Å². The van der Waals surface area contributed by atoms with Gasteiger partial charge in [0.05, 0.1) is 12.6 Å². The predicted molar refractivity (Wildman–Crippen MR) is 51.7 cm³/mol. The van der Waals surface area contributed by atoms with E-state index in [0.29, 0.717) is 6.61 Å². The third-order valence-corrected chi connectivity index (χ3v) is 1.69. The van der Waals surface area contributed by atoms with Crippen molar-refractivity contribution in [2.24, 2.45) is 5.73 Å². The molecule has 0 bridgehead atoms. The van der Waals surface area contributed by atoms with E-state index in [9.17, 15) is 0 Å². The first-order valence-electron chi connectivity index (χ1n) is 4.28. The third kappa shape index (κ3) is 3.44. The molecule has 0 heterocycles. The molecule has 1 rings (SSSR count). The molecule has 0 aliphatic carbocycles. The Labute approximate surface area is 78.1 Å². The quantitative estimate of drug-likeness (QED) is 0.718. The van der Waals surface area contributed by atoms with Crippen molar-refractivity contribution in [1.29, 1.82) is 0 Å². The highest BCUT2D eigenvalue weighted by Gasteiger charge is 2.00. The number of benzene rings is 1. The average Bonchev–Trinajstić information content (AvgIpc) is 2.14. The van der Waals surface area contributed by atoms with Gasteiger partial charge in [-0.15, -0.1) is 0 Å². The minimum Gasteiger partial charge on any atom is -0.492 e. The minimum atomic E-state index is -0.305. The lowest BCUT2D eigenvalue weighted by Crippen LogP contribution is -2.31. The molecule has 1 aromatic rings. The molecule has 0 spiro atoms. The molecule has 1 atom stereocenters. The monoisotopic (exact) mass is 181 g/mol. The Morgan fingerprint density at radius 2 is 2.31 bits per heavy atom. The van der Waals surface area contributed by atoms with Crippen LogP contribution in [0, 0.1) is 6.92 Å².